The number of ketones is 1. The lowest BCUT2D eigenvalue weighted by atomic mass is 10.1. The van der Waals surface area contributed by atoms with Crippen LogP contribution in [0.3, 0.4) is 0 Å². The molecule has 0 bridgehead atoms. The maximum atomic E-state index is 12.2. The van der Waals surface area contributed by atoms with Crippen LogP contribution < -0.4 is 10.1 Å². The highest BCUT2D eigenvalue weighted by Gasteiger charge is 2.16. The summed E-state index contributed by atoms with van der Waals surface area (Å²) >= 11 is 11.9. The highest BCUT2D eigenvalue weighted by molar-refractivity contribution is 6.35. The predicted molar refractivity (Wildman–Crippen MR) is 96.2 cm³/mol. The number of rotatable bonds is 6. The third kappa shape index (κ3) is 4.73. The standard InChI is InChI=1S/C18H17Cl2NO3/c1-3-17(22)12-4-7-14(8-5-12)24-11(2)18(23)21-16-10-13(19)6-9-15(16)20/h4-11H,3H2,1-2H3,(H,21,23)/t11-/m0/s1. The highest BCUT2D eigenvalue weighted by Crippen LogP contribution is 2.25. The molecule has 0 radical (unpaired) electrons. The first-order valence-electron chi connectivity index (χ1n) is 7.46. The van der Waals surface area contributed by atoms with Gasteiger partial charge >= 0.3 is 0 Å². The van der Waals surface area contributed by atoms with E-state index in [2.05, 4.69) is 5.32 Å². The summed E-state index contributed by atoms with van der Waals surface area (Å²) in [6, 6.07) is 11.5. The summed E-state index contributed by atoms with van der Waals surface area (Å²) in [5, 5.41) is 3.54. The van der Waals surface area contributed by atoms with E-state index in [9.17, 15) is 9.59 Å². The zero-order valence-electron chi connectivity index (χ0n) is 13.3. The van der Waals surface area contributed by atoms with Gasteiger partial charge in [-0.05, 0) is 49.4 Å². The monoisotopic (exact) mass is 365 g/mol. The number of halogens is 2. The van der Waals surface area contributed by atoms with Crippen molar-refractivity contribution >= 4 is 40.6 Å². The molecule has 1 amide bonds. The van der Waals surface area contributed by atoms with Gasteiger partial charge in [-0.3, -0.25) is 9.59 Å². The molecule has 2 aromatic rings. The largest absolute Gasteiger partial charge is 0.481 e. The first kappa shape index (κ1) is 18.3. The number of ether oxygens (including phenoxy) is 1. The minimum absolute atomic E-state index is 0.0583. The second-order valence-electron chi connectivity index (χ2n) is 5.17. The molecule has 1 N–H and O–H groups in total. The Bertz CT molecular complexity index is 744. The van der Waals surface area contributed by atoms with E-state index in [1.54, 1.807) is 56.3 Å². The van der Waals surface area contributed by atoms with Gasteiger partial charge in [0.1, 0.15) is 5.75 Å². The van der Waals surface area contributed by atoms with Gasteiger partial charge in [0, 0.05) is 17.0 Å². The number of amides is 1. The quantitative estimate of drug-likeness (QED) is 0.733. The van der Waals surface area contributed by atoms with E-state index in [0.29, 0.717) is 33.5 Å². The van der Waals surface area contributed by atoms with Gasteiger partial charge in [-0.1, -0.05) is 30.1 Å². The van der Waals surface area contributed by atoms with Crippen LogP contribution in [0.1, 0.15) is 30.6 Å². The Morgan fingerprint density at radius 3 is 2.42 bits per heavy atom. The molecule has 0 unspecified atom stereocenters. The minimum atomic E-state index is -0.743. The first-order valence-corrected chi connectivity index (χ1v) is 8.22. The zero-order valence-corrected chi connectivity index (χ0v) is 14.8. The molecule has 0 spiro atoms. The molecule has 126 valence electrons. The van der Waals surface area contributed by atoms with Crippen LogP contribution in [0.25, 0.3) is 0 Å². The fraction of sp³-hybridized carbons (Fsp3) is 0.222. The van der Waals surface area contributed by atoms with Crippen molar-refractivity contribution in [1.82, 2.24) is 0 Å². The van der Waals surface area contributed by atoms with Gasteiger partial charge < -0.3 is 10.1 Å². The number of nitrogens with one attached hydrogen (secondary N) is 1. The molecule has 24 heavy (non-hydrogen) atoms. The van der Waals surface area contributed by atoms with Crippen LogP contribution in [0, 0.1) is 0 Å². The lowest BCUT2D eigenvalue weighted by molar-refractivity contribution is -0.122. The van der Waals surface area contributed by atoms with Gasteiger partial charge in [0.05, 0.1) is 10.7 Å². The summed E-state index contributed by atoms with van der Waals surface area (Å²) < 4.78 is 5.59. The molecule has 4 nitrogen and oxygen atoms in total. The normalized spacial score (nSPS) is 11.7. The van der Waals surface area contributed by atoms with Crippen molar-refractivity contribution in [1.29, 1.82) is 0 Å². The van der Waals surface area contributed by atoms with Crippen LogP contribution in [0.2, 0.25) is 10.0 Å². The number of Topliss-reactive ketones (excluding diaryl/α,β-unsaturated/α-hetero) is 1. The Morgan fingerprint density at radius 1 is 1.12 bits per heavy atom. The van der Waals surface area contributed by atoms with Gasteiger partial charge in [0.25, 0.3) is 5.91 Å². The molecule has 0 aromatic heterocycles. The average molecular weight is 366 g/mol. The Labute approximate surface area is 150 Å². The maximum Gasteiger partial charge on any atom is 0.265 e. The van der Waals surface area contributed by atoms with Gasteiger partial charge in [0.2, 0.25) is 0 Å². The summed E-state index contributed by atoms with van der Waals surface area (Å²) in [6.45, 7) is 3.43. The van der Waals surface area contributed by atoms with Crippen LogP contribution in [-0.2, 0) is 4.79 Å². The molecule has 0 heterocycles. The molecule has 2 rings (SSSR count). The molecule has 0 saturated carbocycles. The van der Waals surface area contributed by atoms with E-state index < -0.39 is 6.10 Å². The fourth-order valence-electron chi connectivity index (χ4n) is 2.01. The first-order chi connectivity index (χ1) is 11.4. The number of benzene rings is 2. The smallest absolute Gasteiger partial charge is 0.265 e. The third-order valence-electron chi connectivity index (χ3n) is 3.37. The Balaban J connectivity index is 2.01. The van der Waals surface area contributed by atoms with Crippen LogP contribution in [-0.4, -0.2) is 17.8 Å². The molecule has 0 aliphatic carbocycles. The van der Waals surface area contributed by atoms with Crippen molar-refractivity contribution in [3.8, 4) is 5.75 Å². The van der Waals surface area contributed by atoms with Crippen molar-refractivity contribution in [3.05, 3.63) is 58.1 Å². The van der Waals surface area contributed by atoms with Crippen LogP contribution in [0.5, 0.6) is 5.75 Å². The molecule has 1 atom stereocenters. The number of carbonyl (C=O) groups excluding carboxylic acids is 2. The molecular formula is C18H17Cl2NO3. The van der Waals surface area contributed by atoms with Crippen molar-refractivity contribution < 1.29 is 14.3 Å². The fourth-order valence-corrected chi connectivity index (χ4v) is 2.35. The SMILES string of the molecule is CCC(=O)c1ccc(O[C@@H](C)C(=O)Nc2cc(Cl)ccc2Cl)cc1. The number of hydrogen-bond donors (Lipinski definition) is 1. The number of hydrogen-bond acceptors (Lipinski definition) is 3. The third-order valence-corrected chi connectivity index (χ3v) is 3.93. The average Bonchev–Trinajstić information content (AvgIpc) is 2.58. The summed E-state index contributed by atoms with van der Waals surface area (Å²) in [7, 11) is 0. The Morgan fingerprint density at radius 2 is 1.79 bits per heavy atom. The second-order valence-corrected chi connectivity index (χ2v) is 6.02. The summed E-state index contributed by atoms with van der Waals surface area (Å²) in [5.74, 6) is 0.207. The van der Waals surface area contributed by atoms with Gasteiger partial charge in [0.15, 0.2) is 11.9 Å². The topological polar surface area (TPSA) is 55.4 Å². The van der Waals surface area contributed by atoms with Crippen LogP contribution in [0.15, 0.2) is 42.5 Å². The van der Waals surface area contributed by atoms with Gasteiger partial charge in [-0.25, -0.2) is 0 Å². The summed E-state index contributed by atoms with van der Waals surface area (Å²) in [6.07, 6.45) is -0.299. The molecular weight excluding hydrogens is 349 g/mol. The molecule has 2 aromatic carbocycles. The van der Waals surface area contributed by atoms with E-state index in [-0.39, 0.29) is 11.7 Å². The molecule has 0 aliphatic rings. The molecule has 0 saturated heterocycles. The minimum Gasteiger partial charge on any atom is -0.481 e. The van der Waals surface area contributed by atoms with E-state index in [1.165, 1.54) is 0 Å². The maximum absolute atomic E-state index is 12.2. The van der Waals surface area contributed by atoms with E-state index in [1.807, 2.05) is 0 Å². The molecule has 0 aliphatic heterocycles. The second kappa shape index (κ2) is 8.18. The van der Waals surface area contributed by atoms with Crippen molar-refractivity contribution in [2.75, 3.05) is 5.32 Å². The van der Waals surface area contributed by atoms with E-state index in [4.69, 9.17) is 27.9 Å². The van der Waals surface area contributed by atoms with Crippen molar-refractivity contribution in [2.24, 2.45) is 0 Å². The summed E-state index contributed by atoms with van der Waals surface area (Å²) in [5.41, 5.74) is 1.04. The zero-order chi connectivity index (χ0) is 17.7. The van der Waals surface area contributed by atoms with Gasteiger partial charge in [-0.2, -0.15) is 0 Å². The lowest BCUT2D eigenvalue weighted by Crippen LogP contribution is -2.30. The van der Waals surface area contributed by atoms with Crippen LogP contribution >= 0.6 is 23.2 Å². The van der Waals surface area contributed by atoms with Crippen molar-refractivity contribution in [3.63, 3.8) is 0 Å². The number of carbonyl (C=O) groups is 2. The lowest BCUT2D eigenvalue weighted by Gasteiger charge is -2.15. The van der Waals surface area contributed by atoms with E-state index >= 15 is 0 Å². The highest BCUT2D eigenvalue weighted by atomic mass is 35.5. The Hall–Kier alpha value is -2.04. The van der Waals surface area contributed by atoms with Crippen LogP contribution in [0.4, 0.5) is 5.69 Å². The molecule has 0 fully saturated rings. The molecule has 6 heteroatoms. The van der Waals surface area contributed by atoms with Gasteiger partial charge in [-0.15, -0.1) is 0 Å². The summed E-state index contributed by atoms with van der Waals surface area (Å²) in [4.78, 5) is 23.8. The number of anilines is 1. The van der Waals surface area contributed by atoms with Crippen molar-refractivity contribution in [2.45, 2.75) is 26.4 Å². The Kier molecular flexibility index (Phi) is 6.23. The van der Waals surface area contributed by atoms with E-state index in [0.717, 1.165) is 0 Å². The predicted octanol–water partition coefficient (Wildman–Crippen LogP) is 4.99.